The molecule has 0 aliphatic rings. The van der Waals surface area contributed by atoms with Gasteiger partial charge in [-0.25, -0.2) is 0 Å². The Morgan fingerprint density at radius 1 is 1.58 bits per heavy atom. The molecular formula is C14H17ClN2O2. The van der Waals surface area contributed by atoms with Gasteiger partial charge in [0.25, 0.3) is 5.91 Å². The third kappa shape index (κ3) is 5.19. The summed E-state index contributed by atoms with van der Waals surface area (Å²) in [6.07, 6.45) is -0.645. The van der Waals surface area contributed by atoms with E-state index < -0.39 is 11.5 Å². The third-order valence-corrected chi connectivity index (χ3v) is 2.72. The van der Waals surface area contributed by atoms with E-state index >= 15 is 0 Å². The van der Waals surface area contributed by atoms with Gasteiger partial charge >= 0.3 is 0 Å². The molecule has 1 N–H and O–H groups in total. The number of halogens is 1. The predicted molar refractivity (Wildman–Crippen MR) is 73.9 cm³/mol. The van der Waals surface area contributed by atoms with Gasteiger partial charge in [0, 0.05) is 11.6 Å². The second-order valence-corrected chi connectivity index (χ2v) is 5.37. The van der Waals surface area contributed by atoms with Gasteiger partial charge in [-0.2, -0.15) is 5.26 Å². The first-order chi connectivity index (χ1) is 8.84. The SMILES string of the molecule is CC(Oc1cccc(Cl)c1)C(=O)NCC(C)(C)C#N. The van der Waals surface area contributed by atoms with Gasteiger partial charge in [0.1, 0.15) is 5.75 Å². The van der Waals surface area contributed by atoms with Crippen molar-refractivity contribution < 1.29 is 9.53 Å². The number of hydrogen-bond donors (Lipinski definition) is 1. The minimum absolute atomic E-state index is 0.261. The molecule has 0 aliphatic carbocycles. The molecule has 0 fully saturated rings. The number of rotatable bonds is 5. The Labute approximate surface area is 118 Å². The summed E-state index contributed by atoms with van der Waals surface area (Å²) in [7, 11) is 0. The molecule has 1 atom stereocenters. The van der Waals surface area contributed by atoms with Crippen LogP contribution >= 0.6 is 11.6 Å². The molecule has 0 aliphatic heterocycles. The number of carbonyl (C=O) groups is 1. The fraction of sp³-hybridized carbons (Fsp3) is 0.429. The highest BCUT2D eigenvalue weighted by molar-refractivity contribution is 6.30. The van der Waals surface area contributed by atoms with Crippen LogP contribution < -0.4 is 10.1 Å². The van der Waals surface area contributed by atoms with Gasteiger partial charge in [-0.3, -0.25) is 4.79 Å². The van der Waals surface area contributed by atoms with Gasteiger partial charge < -0.3 is 10.1 Å². The van der Waals surface area contributed by atoms with Gasteiger partial charge in [0.2, 0.25) is 0 Å². The van der Waals surface area contributed by atoms with E-state index in [9.17, 15) is 4.79 Å². The van der Waals surface area contributed by atoms with E-state index in [1.54, 1.807) is 45.0 Å². The topological polar surface area (TPSA) is 62.1 Å². The first kappa shape index (κ1) is 15.3. The summed E-state index contributed by atoms with van der Waals surface area (Å²) in [4.78, 5) is 11.8. The van der Waals surface area contributed by atoms with E-state index in [1.165, 1.54) is 0 Å². The van der Waals surface area contributed by atoms with Crippen molar-refractivity contribution in [3.63, 3.8) is 0 Å². The molecule has 5 heteroatoms. The summed E-state index contributed by atoms with van der Waals surface area (Å²) in [5.74, 6) is 0.276. The Balaban J connectivity index is 2.52. The molecule has 1 rings (SSSR count). The Hall–Kier alpha value is -1.73. The smallest absolute Gasteiger partial charge is 0.260 e. The summed E-state index contributed by atoms with van der Waals surface area (Å²) < 4.78 is 5.48. The maximum atomic E-state index is 11.8. The van der Waals surface area contributed by atoms with Crippen molar-refractivity contribution >= 4 is 17.5 Å². The average molecular weight is 281 g/mol. The van der Waals surface area contributed by atoms with E-state index in [2.05, 4.69) is 11.4 Å². The lowest BCUT2D eigenvalue weighted by Gasteiger charge is -2.19. The normalized spacial score (nSPS) is 12.4. The first-order valence-electron chi connectivity index (χ1n) is 5.95. The molecule has 0 spiro atoms. The molecule has 0 saturated heterocycles. The van der Waals surface area contributed by atoms with Crippen molar-refractivity contribution in [1.29, 1.82) is 5.26 Å². The van der Waals surface area contributed by atoms with Crippen LogP contribution in [-0.4, -0.2) is 18.6 Å². The summed E-state index contributed by atoms with van der Waals surface area (Å²) in [5.41, 5.74) is -0.592. The predicted octanol–water partition coefficient (Wildman–Crippen LogP) is 2.77. The number of amides is 1. The van der Waals surface area contributed by atoms with E-state index in [0.29, 0.717) is 10.8 Å². The van der Waals surface area contributed by atoms with Crippen molar-refractivity contribution in [3.8, 4) is 11.8 Å². The second-order valence-electron chi connectivity index (χ2n) is 4.93. The molecule has 102 valence electrons. The lowest BCUT2D eigenvalue weighted by molar-refractivity contribution is -0.127. The van der Waals surface area contributed by atoms with E-state index in [-0.39, 0.29) is 12.5 Å². The lowest BCUT2D eigenvalue weighted by atomic mass is 9.96. The maximum Gasteiger partial charge on any atom is 0.260 e. The molecule has 4 nitrogen and oxygen atoms in total. The minimum Gasteiger partial charge on any atom is -0.481 e. The summed E-state index contributed by atoms with van der Waals surface area (Å²) in [6.45, 7) is 5.45. The molecule has 0 aromatic heterocycles. The standard InChI is InChI=1S/C14H17ClN2O2/c1-10(13(18)17-9-14(2,3)8-16)19-12-6-4-5-11(15)7-12/h4-7,10H,9H2,1-3H3,(H,17,18). The quantitative estimate of drug-likeness (QED) is 0.902. The largest absolute Gasteiger partial charge is 0.481 e. The fourth-order valence-electron chi connectivity index (χ4n) is 1.29. The highest BCUT2D eigenvalue weighted by atomic mass is 35.5. The molecule has 0 saturated carbocycles. The zero-order valence-electron chi connectivity index (χ0n) is 11.2. The van der Waals surface area contributed by atoms with Crippen molar-refractivity contribution in [2.24, 2.45) is 5.41 Å². The zero-order chi connectivity index (χ0) is 14.5. The lowest BCUT2D eigenvalue weighted by Crippen LogP contribution is -2.40. The average Bonchev–Trinajstić information content (AvgIpc) is 2.36. The number of carbonyl (C=O) groups excluding carboxylic acids is 1. The summed E-state index contributed by atoms with van der Waals surface area (Å²) in [5, 5.41) is 12.1. The highest BCUT2D eigenvalue weighted by Gasteiger charge is 2.21. The van der Waals surface area contributed by atoms with E-state index in [1.807, 2.05) is 0 Å². The fourth-order valence-corrected chi connectivity index (χ4v) is 1.47. The number of benzene rings is 1. The second kappa shape index (κ2) is 6.44. The van der Waals surface area contributed by atoms with Gasteiger partial charge in [-0.1, -0.05) is 17.7 Å². The van der Waals surface area contributed by atoms with Gasteiger partial charge in [-0.15, -0.1) is 0 Å². The Bertz CT molecular complexity index is 494. The molecule has 0 radical (unpaired) electrons. The van der Waals surface area contributed by atoms with Gasteiger partial charge in [-0.05, 0) is 39.0 Å². The molecule has 1 unspecified atom stereocenters. The molecule has 1 aromatic rings. The Kier molecular flexibility index (Phi) is 5.20. The van der Waals surface area contributed by atoms with Crippen LogP contribution in [0.25, 0.3) is 0 Å². The van der Waals surface area contributed by atoms with Crippen LogP contribution in [-0.2, 0) is 4.79 Å². The summed E-state index contributed by atoms with van der Waals surface area (Å²) in [6, 6.07) is 8.98. The Morgan fingerprint density at radius 3 is 2.84 bits per heavy atom. The van der Waals surface area contributed by atoms with Crippen LogP contribution in [0.2, 0.25) is 5.02 Å². The first-order valence-corrected chi connectivity index (χ1v) is 6.33. The van der Waals surface area contributed by atoms with E-state index in [0.717, 1.165) is 0 Å². The van der Waals surface area contributed by atoms with Crippen LogP contribution in [0.1, 0.15) is 20.8 Å². The van der Waals surface area contributed by atoms with Crippen molar-refractivity contribution in [2.75, 3.05) is 6.54 Å². The third-order valence-electron chi connectivity index (χ3n) is 2.49. The van der Waals surface area contributed by atoms with Gasteiger partial charge in [0.05, 0.1) is 11.5 Å². The van der Waals surface area contributed by atoms with Crippen LogP contribution in [0.5, 0.6) is 5.75 Å². The van der Waals surface area contributed by atoms with Gasteiger partial charge in [0.15, 0.2) is 6.10 Å². The number of nitrogens with one attached hydrogen (secondary N) is 1. The number of nitriles is 1. The van der Waals surface area contributed by atoms with Crippen molar-refractivity contribution in [1.82, 2.24) is 5.32 Å². The molecule has 0 heterocycles. The molecule has 19 heavy (non-hydrogen) atoms. The van der Waals surface area contributed by atoms with Crippen molar-refractivity contribution in [2.45, 2.75) is 26.9 Å². The molecule has 0 bridgehead atoms. The minimum atomic E-state index is -0.645. The number of hydrogen-bond acceptors (Lipinski definition) is 3. The molecule has 1 aromatic carbocycles. The monoisotopic (exact) mass is 280 g/mol. The highest BCUT2D eigenvalue weighted by Crippen LogP contribution is 2.18. The zero-order valence-corrected chi connectivity index (χ0v) is 12.0. The Morgan fingerprint density at radius 2 is 2.26 bits per heavy atom. The molecule has 1 amide bonds. The number of nitrogens with zero attached hydrogens (tertiary/aromatic N) is 1. The summed E-state index contributed by atoms with van der Waals surface area (Å²) >= 11 is 5.83. The van der Waals surface area contributed by atoms with Crippen LogP contribution in [0.4, 0.5) is 0 Å². The van der Waals surface area contributed by atoms with Crippen LogP contribution in [0.3, 0.4) is 0 Å². The maximum absolute atomic E-state index is 11.8. The van der Waals surface area contributed by atoms with Crippen molar-refractivity contribution in [3.05, 3.63) is 29.3 Å². The van der Waals surface area contributed by atoms with Crippen LogP contribution in [0.15, 0.2) is 24.3 Å². The van der Waals surface area contributed by atoms with E-state index in [4.69, 9.17) is 21.6 Å². The van der Waals surface area contributed by atoms with Crippen LogP contribution in [0, 0.1) is 16.7 Å². The number of ether oxygens (including phenoxy) is 1. The molecular weight excluding hydrogens is 264 g/mol.